The number of hydrogen-bond donors (Lipinski definition) is 3. The van der Waals surface area contributed by atoms with E-state index in [1.165, 1.54) is 36.4 Å². The van der Waals surface area contributed by atoms with Crippen LogP contribution in [0.2, 0.25) is 0 Å². The van der Waals surface area contributed by atoms with Crippen LogP contribution in [-0.2, 0) is 9.53 Å². The fourth-order valence-electron chi connectivity index (χ4n) is 4.14. The fourth-order valence-corrected chi connectivity index (χ4v) is 4.14. The number of hydrogen-bond acceptors (Lipinski definition) is 5. The van der Waals surface area contributed by atoms with Gasteiger partial charge < -0.3 is 25.6 Å². The molecule has 0 bridgehead atoms. The first-order valence-corrected chi connectivity index (χ1v) is 11.6. The molecule has 2 amide bonds. The minimum absolute atomic E-state index is 0.169. The van der Waals surface area contributed by atoms with Gasteiger partial charge in [0, 0.05) is 50.2 Å². The Hall–Kier alpha value is -2.88. The van der Waals surface area contributed by atoms with E-state index >= 15 is 0 Å². The maximum absolute atomic E-state index is 13.2. The average Bonchev–Trinajstić information content (AvgIpc) is 3.63. The summed E-state index contributed by atoms with van der Waals surface area (Å²) in [5.41, 5.74) is 1.43. The smallest absolute Gasteiger partial charge is 0.251 e. The van der Waals surface area contributed by atoms with Crippen molar-refractivity contribution < 1.29 is 23.1 Å². The molecule has 2 aliphatic rings. The molecule has 3 atom stereocenters. The maximum Gasteiger partial charge on any atom is 0.251 e. The molecule has 9 heteroatoms. The molecular formula is C25H30F2N4O3. The van der Waals surface area contributed by atoms with Crippen LogP contribution in [0.15, 0.2) is 48.5 Å². The molecule has 0 unspecified atom stereocenters. The summed E-state index contributed by atoms with van der Waals surface area (Å²) in [5.74, 6) is -0.856. The standard InChI is InChI=1S/C25H30F2N4O3/c26-19-5-1-17(2-6-19)21-15-22(21)29-10-9-28-16-23(25(33)31-11-13-34-14-12-31)30-24(32)18-3-7-20(27)8-4-18/h1-8,21-23,28-29H,9-16H2,(H,30,32)/t21-,22+,23-/m0/s1. The quantitative estimate of drug-likeness (QED) is 0.458. The molecule has 2 fully saturated rings. The Kier molecular flexibility index (Phi) is 8.21. The van der Waals surface area contributed by atoms with Crippen LogP contribution >= 0.6 is 0 Å². The molecule has 0 aromatic heterocycles. The largest absolute Gasteiger partial charge is 0.378 e. The van der Waals surface area contributed by atoms with Gasteiger partial charge in [-0.3, -0.25) is 9.59 Å². The molecule has 2 aromatic rings. The molecule has 34 heavy (non-hydrogen) atoms. The number of carbonyl (C=O) groups excluding carboxylic acids is 2. The Labute approximate surface area is 197 Å². The third kappa shape index (κ3) is 6.59. The minimum Gasteiger partial charge on any atom is -0.378 e. The van der Waals surface area contributed by atoms with E-state index < -0.39 is 17.8 Å². The lowest BCUT2D eigenvalue weighted by Gasteiger charge is -2.31. The fraction of sp³-hybridized carbons (Fsp3) is 0.440. The molecule has 3 N–H and O–H groups in total. The lowest BCUT2D eigenvalue weighted by Crippen LogP contribution is -2.55. The Balaban J connectivity index is 1.25. The zero-order valence-corrected chi connectivity index (χ0v) is 18.9. The first-order chi connectivity index (χ1) is 16.5. The van der Waals surface area contributed by atoms with Crippen molar-refractivity contribution in [3.8, 4) is 0 Å². The third-order valence-electron chi connectivity index (χ3n) is 6.18. The maximum atomic E-state index is 13.2. The molecule has 182 valence electrons. The summed E-state index contributed by atoms with van der Waals surface area (Å²) in [7, 11) is 0. The van der Waals surface area contributed by atoms with E-state index in [-0.39, 0.29) is 18.3 Å². The van der Waals surface area contributed by atoms with Crippen LogP contribution in [0.25, 0.3) is 0 Å². The number of rotatable bonds is 10. The summed E-state index contributed by atoms with van der Waals surface area (Å²) in [6.07, 6.45) is 1.01. The number of nitrogens with one attached hydrogen (secondary N) is 3. The van der Waals surface area contributed by atoms with Crippen LogP contribution < -0.4 is 16.0 Å². The molecular weight excluding hydrogens is 442 g/mol. The van der Waals surface area contributed by atoms with Crippen molar-refractivity contribution in [3.05, 3.63) is 71.3 Å². The molecule has 1 aliphatic heterocycles. The lowest BCUT2D eigenvalue weighted by molar-refractivity contribution is -0.137. The average molecular weight is 473 g/mol. The molecule has 0 spiro atoms. The third-order valence-corrected chi connectivity index (χ3v) is 6.18. The highest BCUT2D eigenvalue weighted by Crippen LogP contribution is 2.40. The Morgan fingerprint density at radius 1 is 0.971 bits per heavy atom. The predicted molar refractivity (Wildman–Crippen MR) is 123 cm³/mol. The Morgan fingerprint density at radius 3 is 2.29 bits per heavy atom. The van der Waals surface area contributed by atoms with Crippen molar-refractivity contribution in [2.24, 2.45) is 0 Å². The van der Waals surface area contributed by atoms with E-state index in [2.05, 4.69) is 16.0 Å². The highest BCUT2D eigenvalue weighted by Gasteiger charge is 2.37. The monoisotopic (exact) mass is 472 g/mol. The van der Waals surface area contributed by atoms with Crippen molar-refractivity contribution in [1.29, 1.82) is 0 Å². The summed E-state index contributed by atoms with van der Waals surface area (Å²) in [5, 5.41) is 9.51. The molecule has 2 aromatic carbocycles. The second kappa shape index (κ2) is 11.5. The lowest BCUT2D eigenvalue weighted by atomic mass is 10.1. The van der Waals surface area contributed by atoms with Gasteiger partial charge in [0.05, 0.1) is 13.2 Å². The van der Waals surface area contributed by atoms with Crippen LogP contribution in [0.1, 0.15) is 28.3 Å². The molecule has 0 radical (unpaired) electrons. The van der Waals surface area contributed by atoms with Gasteiger partial charge >= 0.3 is 0 Å². The normalized spacial score (nSPS) is 20.6. The number of ether oxygens (including phenoxy) is 1. The zero-order valence-electron chi connectivity index (χ0n) is 18.9. The summed E-state index contributed by atoms with van der Waals surface area (Å²) < 4.78 is 31.6. The van der Waals surface area contributed by atoms with Gasteiger partial charge in [-0.15, -0.1) is 0 Å². The number of halogens is 2. The summed E-state index contributed by atoms with van der Waals surface area (Å²) in [6, 6.07) is 11.5. The van der Waals surface area contributed by atoms with Crippen molar-refractivity contribution in [1.82, 2.24) is 20.9 Å². The second-order valence-electron chi connectivity index (χ2n) is 8.63. The van der Waals surface area contributed by atoms with E-state index in [0.29, 0.717) is 56.9 Å². The highest BCUT2D eigenvalue weighted by molar-refractivity contribution is 5.97. The van der Waals surface area contributed by atoms with Crippen molar-refractivity contribution >= 4 is 11.8 Å². The number of morpholine rings is 1. The van der Waals surface area contributed by atoms with E-state index in [1.807, 2.05) is 12.1 Å². The van der Waals surface area contributed by atoms with Crippen LogP contribution in [-0.4, -0.2) is 74.7 Å². The molecule has 4 rings (SSSR count). The van der Waals surface area contributed by atoms with Crippen LogP contribution in [0.4, 0.5) is 8.78 Å². The van der Waals surface area contributed by atoms with Gasteiger partial charge in [-0.1, -0.05) is 12.1 Å². The van der Waals surface area contributed by atoms with E-state index in [1.54, 1.807) is 4.90 Å². The number of nitrogens with zero attached hydrogens (tertiary/aromatic N) is 1. The predicted octanol–water partition coefficient (Wildman–Crippen LogP) is 1.66. The van der Waals surface area contributed by atoms with Gasteiger partial charge in [-0.25, -0.2) is 8.78 Å². The molecule has 1 saturated carbocycles. The van der Waals surface area contributed by atoms with Crippen molar-refractivity contribution in [3.63, 3.8) is 0 Å². The summed E-state index contributed by atoms with van der Waals surface area (Å²) in [4.78, 5) is 27.4. The van der Waals surface area contributed by atoms with Crippen LogP contribution in [0.3, 0.4) is 0 Å². The van der Waals surface area contributed by atoms with Gasteiger partial charge in [0.15, 0.2) is 0 Å². The van der Waals surface area contributed by atoms with Gasteiger partial charge in [0.25, 0.3) is 5.91 Å². The minimum atomic E-state index is -0.747. The van der Waals surface area contributed by atoms with Crippen molar-refractivity contribution in [2.75, 3.05) is 45.9 Å². The zero-order chi connectivity index (χ0) is 23.9. The topological polar surface area (TPSA) is 82.7 Å². The molecule has 1 saturated heterocycles. The Morgan fingerprint density at radius 2 is 1.62 bits per heavy atom. The van der Waals surface area contributed by atoms with Crippen molar-refractivity contribution in [2.45, 2.75) is 24.4 Å². The van der Waals surface area contributed by atoms with Gasteiger partial charge in [-0.2, -0.15) is 0 Å². The molecule has 1 aliphatic carbocycles. The highest BCUT2D eigenvalue weighted by atomic mass is 19.1. The number of amides is 2. The van der Waals surface area contributed by atoms with Gasteiger partial charge in [0.1, 0.15) is 17.7 Å². The van der Waals surface area contributed by atoms with Crippen LogP contribution in [0.5, 0.6) is 0 Å². The van der Waals surface area contributed by atoms with E-state index in [9.17, 15) is 18.4 Å². The van der Waals surface area contributed by atoms with E-state index in [0.717, 1.165) is 12.0 Å². The van der Waals surface area contributed by atoms with E-state index in [4.69, 9.17) is 4.74 Å². The summed E-state index contributed by atoms with van der Waals surface area (Å²) >= 11 is 0. The first kappa shape index (κ1) is 24.3. The van der Waals surface area contributed by atoms with Gasteiger partial charge in [0.2, 0.25) is 5.91 Å². The van der Waals surface area contributed by atoms with Gasteiger partial charge in [-0.05, 0) is 48.4 Å². The summed E-state index contributed by atoms with van der Waals surface area (Å²) in [6.45, 7) is 3.50. The second-order valence-corrected chi connectivity index (χ2v) is 8.63. The van der Waals surface area contributed by atoms with Crippen LogP contribution in [0, 0.1) is 11.6 Å². The number of benzene rings is 2. The SMILES string of the molecule is O=C(N[C@@H](CNCCN[C@@H]1C[C@H]1c1ccc(F)cc1)C(=O)N1CCOCC1)c1ccc(F)cc1. The molecule has 7 nitrogen and oxygen atoms in total. The first-order valence-electron chi connectivity index (χ1n) is 11.6. The molecule has 1 heterocycles. The Bertz CT molecular complexity index is 965. The number of carbonyl (C=O) groups is 2.